The molecule has 1 aliphatic rings. The van der Waals surface area contributed by atoms with Gasteiger partial charge in [0.2, 0.25) is 0 Å². The Balaban J connectivity index is 1.49. The van der Waals surface area contributed by atoms with Gasteiger partial charge in [0.05, 0.1) is 6.10 Å². The van der Waals surface area contributed by atoms with Gasteiger partial charge >= 0.3 is 0 Å². The lowest BCUT2D eigenvalue weighted by Crippen LogP contribution is -2.28. The lowest BCUT2D eigenvalue weighted by atomic mass is 9.87. The molecular weight excluding hydrogens is 280 g/mol. The van der Waals surface area contributed by atoms with Gasteiger partial charge in [0, 0.05) is 23.2 Å². The van der Waals surface area contributed by atoms with Crippen molar-refractivity contribution < 1.29 is 5.11 Å². The molecule has 0 amide bonds. The number of hydrogen-bond donors (Lipinski definition) is 2. The quantitative estimate of drug-likeness (QED) is 0.889. The van der Waals surface area contributed by atoms with Crippen LogP contribution >= 0.6 is 11.3 Å². The second-order valence-corrected chi connectivity index (χ2v) is 6.93. The van der Waals surface area contributed by atoms with Crippen molar-refractivity contribution in [3.05, 3.63) is 41.4 Å². The first-order chi connectivity index (χ1) is 10.3. The third kappa shape index (κ3) is 4.13. The van der Waals surface area contributed by atoms with Crippen LogP contribution < -0.4 is 5.32 Å². The van der Waals surface area contributed by atoms with Crippen LogP contribution in [0.1, 0.15) is 30.6 Å². The molecule has 2 unspecified atom stereocenters. The largest absolute Gasteiger partial charge is 0.393 e. The van der Waals surface area contributed by atoms with Crippen molar-refractivity contribution in [2.75, 3.05) is 6.54 Å². The molecule has 1 heterocycles. The van der Waals surface area contributed by atoms with Gasteiger partial charge in [-0.2, -0.15) is 0 Å². The van der Waals surface area contributed by atoms with Crippen LogP contribution in [0.4, 0.5) is 0 Å². The summed E-state index contributed by atoms with van der Waals surface area (Å²) >= 11 is 1.75. The average Bonchev–Trinajstić information content (AvgIpc) is 2.97. The number of benzene rings is 1. The molecule has 1 aromatic carbocycles. The SMILES string of the molecule is OC1CCCC(CNCc2cnc(-c3ccccc3)s2)C1. The van der Waals surface area contributed by atoms with E-state index in [0.717, 1.165) is 37.4 Å². The zero-order valence-electron chi connectivity index (χ0n) is 12.2. The molecule has 2 atom stereocenters. The Kier molecular flexibility index (Phi) is 5.01. The van der Waals surface area contributed by atoms with Gasteiger partial charge in [0.15, 0.2) is 0 Å². The van der Waals surface area contributed by atoms with Gasteiger partial charge < -0.3 is 10.4 Å². The van der Waals surface area contributed by atoms with E-state index in [4.69, 9.17) is 0 Å². The zero-order valence-corrected chi connectivity index (χ0v) is 13.0. The number of nitrogens with zero attached hydrogens (tertiary/aromatic N) is 1. The maximum atomic E-state index is 9.69. The summed E-state index contributed by atoms with van der Waals surface area (Å²) in [5, 5.41) is 14.3. The van der Waals surface area contributed by atoms with Crippen molar-refractivity contribution in [3.8, 4) is 10.6 Å². The van der Waals surface area contributed by atoms with Gasteiger partial charge in [-0.3, -0.25) is 0 Å². The fourth-order valence-electron chi connectivity index (χ4n) is 2.95. The van der Waals surface area contributed by atoms with E-state index in [2.05, 4.69) is 22.4 Å². The van der Waals surface area contributed by atoms with Crippen LogP contribution in [-0.4, -0.2) is 22.7 Å². The summed E-state index contributed by atoms with van der Waals surface area (Å²) in [6, 6.07) is 10.3. The van der Waals surface area contributed by atoms with E-state index >= 15 is 0 Å². The van der Waals surface area contributed by atoms with Crippen LogP contribution in [0, 0.1) is 5.92 Å². The van der Waals surface area contributed by atoms with Crippen molar-refractivity contribution >= 4 is 11.3 Å². The number of rotatable bonds is 5. The molecule has 0 saturated heterocycles. The molecule has 2 aromatic rings. The van der Waals surface area contributed by atoms with E-state index in [1.165, 1.54) is 16.9 Å². The first-order valence-corrected chi connectivity index (χ1v) is 8.52. The minimum atomic E-state index is -0.0846. The van der Waals surface area contributed by atoms with Crippen LogP contribution in [-0.2, 0) is 6.54 Å². The van der Waals surface area contributed by atoms with Gasteiger partial charge in [-0.1, -0.05) is 36.8 Å². The Bertz CT molecular complexity index is 555. The van der Waals surface area contributed by atoms with Crippen LogP contribution in [0.15, 0.2) is 36.5 Å². The number of aliphatic hydroxyl groups is 1. The van der Waals surface area contributed by atoms with Crippen molar-refractivity contribution in [2.45, 2.75) is 38.3 Å². The van der Waals surface area contributed by atoms with Crippen LogP contribution in [0.25, 0.3) is 10.6 Å². The highest BCUT2D eigenvalue weighted by atomic mass is 32.1. The Morgan fingerprint density at radius 3 is 2.90 bits per heavy atom. The van der Waals surface area contributed by atoms with E-state index in [-0.39, 0.29) is 6.10 Å². The summed E-state index contributed by atoms with van der Waals surface area (Å²) < 4.78 is 0. The highest BCUT2D eigenvalue weighted by Crippen LogP contribution is 2.26. The molecule has 3 nitrogen and oxygen atoms in total. The predicted molar refractivity (Wildman–Crippen MR) is 87.2 cm³/mol. The number of nitrogens with one attached hydrogen (secondary N) is 1. The molecule has 112 valence electrons. The third-order valence-electron chi connectivity index (χ3n) is 4.06. The smallest absolute Gasteiger partial charge is 0.123 e. The Hall–Kier alpha value is -1.23. The lowest BCUT2D eigenvalue weighted by Gasteiger charge is -2.25. The summed E-state index contributed by atoms with van der Waals surface area (Å²) in [5.74, 6) is 0.621. The molecule has 0 aliphatic heterocycles. The first kappa shape index (κ1) is 14.7. The van der Waals surface area contributed by atoms with Crippen molar-refractivity contribution in [1.29, 1.82) is 0 Å². The number of aromatic nitrogens is 1. The Morgan fingerprint density at radius 2 is 2.10 bits per heavy atom. The normalized spacial score (nSPS) is 22.3. The van der Waals surface area contributed by atoms with Gasteiger partial charge in [-0.25, -0.2) is 4.98 Å². The molecule has 21 heavy (non-hydrogen) atoms. The van der Waals surface area contributed by atoms with Gasteiger partial charge in [-0.15, -0.1) is 11.3 Å². The number of aliphatic hydroxyl groups excluding tert-OH is 1. The molecule has 1 fully saturated rings. The van der Waals surface area contributed by atoms with Crippen LogP contribution in [0.3, 0.4) is 0 Å². The fraction of sp³-hybridized carbons (Fsp3) is 0.471. The molecule has 2 N–H and O–H groups in total. The summed E-state index contributed by atoms with van der Waals surface area (Å²) in [5.41, 5.74) is 1.18. The summed E-state index contributed by atoms with van der Waals surface area (Å²) in [6.07, 6.45) is 6.21. The van der Waals surface area contributed by atoms with E-state index in [1.54, 1.807) is 11.3 Å². The molecule has 0 bridgehead atoms. The first-order valence-electron chi connectivity index (χ1n) is 7.70. The molecule has 1 aliphatic carbocycles. The third-order valence-corrected chi connectivity index (χ3v) is 5.11. The molecule has 0 spiro atoms. The van der Waals surface area contributed by atoms with Crippen LogP contribution in [0.2, 0.25) is 0 Å². The van der Waals surface area contributed by atoms with Crippen LogP contribution in [0.5, 0.6) is 0 Å². The number of hydrogen-bond acceptors (Lipinski definition) is 4. The molecule has 1 saturated carbocycles. The fourth-order valence-corrected chi connectivity index (χ4v) is 3.84. The van der Waals surface area contributed by atoms with E-state index in [0.29, 0.717) is 5.92 Å². The van der Waals surface area contributed by atoms with E-state index in [9.17, 15) is 5.11 Å². The molecule has 4 heteroatoms. The molecule has 3 rings (SSSR count). The Morgan fingerprint density at radius 1 is 1.24 bits per heavy atom. The highest BCUT2D eigenvalue weighted by Gasteiger charge is 2.19. The standard InChI is InChI=1S/C17H22N2OS/c20-15-8-4-5-13(9-15)10-18-11-16-12-19-17(21-16)14-6-2-1-3-7-14/h1-3,6-7,12-13,15,18,20H,4-5,8-11H2. The second-order valence-electron chi connectivity index (χ2n) is 5.82. The average molecular weight is 302 g/mol. The van der Waals surface area contributed by atoms with Crippen molar-refractivity contribution in [1.82, 2.24) is 10.3 Å². The maximum Gasteiger partial charge on any atom is 0.123 e. The van der Waals surface area contributed by atoms with Crippen molar-refractivity contribution in [2.24, 2.45) is 5.92 Å². The predicted octanol–water partition coefficient (Wildman–Crippen LogP) is 3.45. The summed E-state index contributed by atoms with van der Waals surface area (Å²) in [6.45, 7) is 1.87. The molecule has 1 aromatic heterocycles. The van der Waals surface area contributed by atoms with Gasteiger partial charge in [0.25, 0.3) is 0 Å². The zero-order chi connectivity index (χ0) is 14.5. The lowest BCUT2D eigenvalue weighted by molar-refractivity contribution is 0.101. The molecule has 0 radical (unpaired) electrons. The number of thiazole rings is 1. The Labute approximate surface area is 130 Å². The summed E-state index contributed by atoms with van der Waals surface area (Å²) in [7, 11) is 0. The topological polar surface area (TPSA) is 45.1 Å². The van der Waals surface area contributed by atoms with Crippen molar-refractivity contribution in [3.63, 3.8) is 0 Å². The maximum absolute atomic E-state index is 9.69. The van der Waals surface area contributed by atoms with E-state index < -0.39 is 0 Å². The monoisotopic (exact) mass is 302 g/mol. The van der Waals surface area contributed by atoms with Gasteiger partial charge in [-0.05, 0) is 31.7 Å². The van der Waals surface area contributed by atoms with E-state index in [1.807, 2.05) is 24.4 Å². The minimum Gasteiger partial charge on any atom is -0.393 e. The minimum absolute atomic E-state index is 0.0846. The molecular formula is C17H22N2OS. The highest BCUT2D eigenvalue weighted by molar-refractivity contribution is 7.15. The second kappa shape index (κ2) is 7.16. The summed E-state index contributed by atoms with van der Waals surface area (Å²) in [4.78, 5) is 5.77. The van der Waals surface area contributed by atoms with Gasteiger partial charge in [0.1, 0.15) is 5.01 Å².